The number of piperidine rings is 1. The van der Waals surface area contributed by atoms with Crippen LogP contribution in [0, 0.1) is 12.8 Å². The number of urea groups is 1. The van der Waals surface area contributed by atoms with E-state index < -0.39 is 0 Å². The van der Waals surface area contributed by atoms with E-state index >= 15 is 0 Å². The van der Waals surface area contributed by atoms with Gasteiger partial charge < -0.3 is 4.90 Å². The predicted molar refractivity (Wildman–Crippen MR) is 111 cm³/mol. The number of hydrogen-bond donors (Lipinski definition) is 1. The maximum absolute atomic E-state index is 13.1. The smallest absolute Gasteiger partial charge is 0.320 e. The van der Waals surface area contributed by atoms with Crippen molar-refractivity contribution in [3.63, 3.8) is 0 Å². The molecule has 5 rings (SSSR count). The highest BCUT2D eigenvalue weighted by molar-refractivity contribution is 5.89. The van der Waals surface area contributed by atoms with Crippen molar-refractivity contribution in [2.75, 3.05) is 25.0 Å². The van der Waals surface area contributed by atoms with Crippen molar-refractivity contribution < 1.29 is 4.79 Å². The molecule has 2 amide bonds. The summed E-state index contributed by atoms with van der Waals surface area (Å²) in [4.78, 5) is 17.7. The Kier molecular flexibility index (Phi) is 5.40. The predicted octanol–water partition coefficient (Wildman–Crippen LogP) is 3.42. The molecule has 3 saturated heterocycles. The number of amides is 2. The van der Waals surface area contributed by atoms with Gasteiger partial charge in [0.15, 0.2) is 0 Å². The summed E-state index contributed by atoms with van der Waals surface area (Å²) < 4.78 is 1.80. The fourth-order valence-electron chi connectivity index (χ4n) is 4.77. The molecule has 3 fully saturated rings. The van der Waals surface area contributed by atoms with Crippen LogP contribution in [-0.2, 0) is 20.0 Å². The van der Waals surface area contributed by atoms with Crippen molar-refractivity contribution in [1.29, 1.82) is 0 Å². The van der Waals surface area contributed by atoms with Crippen molar-refractivity contribution in [3.8, 4) is 0 Å². The molecule has 3 aliphatic heterocycles. The summed E-state index contributed by atoms with van der Waals surface area (Å²) in [5.74, 6) is 1.37. The van der Waals surface area contributed by atoms with Gasteiger partial charge in [0.25, 0.3) is 0 Å². The Morgan fingerprint density at radius 1 is 1.18 bits per heavy atom. The molecule has 1 N–H and O–H groups in total. The van der Waals surface area contributed by atoms with Crippen LogP contribution < -0.4 is 5.32 Å². The van der Waals surface area contributed by atoms with E-state index in [0.717, 1.165) is 56.1 Å². The van der Waals surface area contributed by atoms with E-state index in [1.165, 1.54) is 12.0 Å². The number of aryl methyl sites for hydroxylation is 2. The van der Waals surface area contributed by atoms with Crippen LogP contribution in [0.3, 0.4) is 0 Å². The van der Waals surface area contributed by atoms with Gasteiger partial charge in [-0.3, -0.25) is 14.9 Å². The first-order valence-electron chi connectivity index (χ1n) is 10.4. The van der Waals surface area contributed by atoms with Gasteiger partial charge in [0.2, 0.25) is 0 Å². The zero-order valence-corrected chi connectivity index (χ0v) is 17.2. The third-order valence-electron chi connectivity index (χ3n) is 6.24. The van der Waals surface area contributed by atoms with E-state index in [1.807, 2.05) is 14.0 Å². The Balaban J connectivity index is 1.46. The number of anilines is 1. The SMILES string of the molecule is CCc1nn(C)c(NC(=O)N2C[C@@H]3CC[C@H]2CN(Cc2ccccc2)C3)c1C. The van der Waals surface area contributed by atoms with E-state index in [0.29, 0.717) is 5.92 Å². The number of fused-ring (bicyclic) bond motifs is 4. The van der Waals surface area contributed by atoms with Crippen LogP contribution in [0.5, 0.6) is 0 Å². The lowest BCUT2D eigenvalue weighted by molar-refractivity contribution is 0.151. The van der Waals surface area contributed by atoms with Gasteiger partial charge in [-0.05, 0) is 37.7 Å². The number of aromatic nitrogens is 2. The maximum Gasteiger partial charge on any atom is 0.323 e. The largest absolute Gasteiger partial charge is 0.323 e. The number of hydrogen-bond acceptors (Lipinski definition) is 3. The Hall–Kier alpha value is -2.34. The molecule has 0 spiro atoms. The lowest BCUT2D eigenvalue weighted by Crippen LogP contribution is -2.49. The second-order valence-electron chi connectivity index (χ2n) is 8.26. The minimum atomic E-state index is 0.0185. The van der Waals surface area contributed by atoms with Gasteiger partial charge >= 0.3 is 6.03 Å². The summed E-state index contributed by atoms with van der Waals surface area (Å²) in [6, 6.07) is 10.9. The molecule has 4 heterocycles. The van der Waals surface area contributed by atoms with Gasteiger partial charge in [0.1, 0.15) is 5.82 Å². The van der Waals surface area contributed by atoms with Gasteiger partial charge in [-0.1, -0.05) is 37.3 Å². The number of carbonyl (C=O) groups excluding carboxylic acids is 1. The fourth-order valence-corrected chi connectivity index (χ4v) is 4.77. The number of benzene rings is 1. The minimum absolute atomic E-state index is 0.0185. The Morgan fingerprint density at radius 2 is 1.96 bits per heavy atom. The second kappa shape index (κ2) is 7.95. The summed E-state index contributed by atoms with van der Waals surface area (Å²) in [7, 11) is 1.90. The molecular formula is C22H31N5O. The number of nitrogens with one attached hydrogen (secondary N) is 1. The van der Waals surface area contributed by atoms with Crippen molar-refractivity contribution in [2.45, 2.75) is 45.7 Å². The summed E-state index contributed by atoms with van der Waals surface area (Å²) in [5, 5.41) is 7.68. The van der Waals surface area contributed by atoms with E-state index in [1.54, 1.807) is 4.68 Å². The molecule has 0 saturated carbocycles. The summed E-state index contributed by atoms with van der Waals surface area (Å²) in [5.41, 5.74) is 3.46. The highest BCUT2D eigenvalue weighted by atomic mass is 16.2. The minimum Gasteiger partial charge on any atom is -0.320 e. The number of rotatable bonds is 4. The molecule has 0 unspecified atom stereocenters. The molecule has 2 atom stereocenters. The first-order chi connectivity index (χ1) is 13.5. The van der Waals surface area contributed by atoms with Crippen molar-refractivity contribution in [2.24, 2.45) is 13.0 Å². The van der Waals surface area contributed by atoms with Crippen LogP contribution in [0.25, 0.3) is 0 Å². The van der Waals surface area contributed by atoms with Crippen LogP contribution in [0.4, 0.5) is 10.6 Å². The molecular weight excluding hydrogens is 350 g/mol. The van der Waals surface area contributed by atoms with E-state index in [-0.39, 0.29) is 12.1 Å². The first kappa shape index (κ1) is 19.0. The van der Waals surface area contributed by atoms with Crippen LogP contribution in [0.2, 0.25) is 0 Å². The quantitative estimate of drug-likeness (QED) is 0.883. The van der Waals surface area contributed by atoms with Crippen LogP contribution in [-0.4, -0.2) is 51.3 Å². The molecule has 2 bridgehead atoms. The lowest BCUT2D eigenvalue weighted by Gasteiger charge is -2.36. The fraction of sp³-hybridized carbons (Fsp3) is 0.545. The van der Waals surface area contributed by atoms with Crippen molar-refractivity contribution in [3.05, 3.63) is 47.2 Å². The van der Waals surface area contributed by atoms with E-state index in [2.05, 4.69) is 57.5 Å². The average molecular weight is 382 g/mol. The molecule has 6 heteroatoms. The molecule has 3 aliphatic rings. The Bertz CT molecular complexity index is 831. The molecule has 1 aromatic heterocycles. The molecule has 2 aromatic rings. The van der Waals surface area contributed by atoms with Crippen molar-refractivity contribution in [1.82, 2.24) is 19.6 Å². The molecule has 150 valence electrons. The highest BCUT2D eigenvalue weighted by Gasteiger charge is 2.37. The molecule has 28 heavy (non-hydrogen) atoms. The third kappa shape index (κ3) is 3.78. The van der Waals surface area contributed by atoms with Gasteiger partial charge in [0.05, 0.1) is 5.69 Å². The molecule has 0 radical (unpaired) electrons. The average Bonchev–Trinajstić information content (AvgIpc) is 2.86. The molecule has 6 nitrogen and oxygen atoms in total. The monoisotopic (exact) mass is 381 g/mol. The van der Waals surface area contributed by atoms with Gasteiger partial charge in [0, 0.05) is 44.8 Å². The van der Waals surface area contributed by atoms with Crippen LogP contribution in [0.1, 0.15) is 36.6 Å². The first-order valence-corrected chi connectivity index (χ1v) is 10.4. The van der Waals surface area contributed by atoms with Gasteiger partial charge in [-0.25, -0.2) is 4.79 Å². The summed E-state index contributed by atoms with van der Waals surface area (Å²) >= 11 is 0. The zero-order chi connectivity index (χ0) is 19.7. The van der Waals surface area contributed by atoms with Crippen molar-refractivity contribution >= 4 is 11.8 Å². The van der Waals surface area contributed by atoms with E-state index in [4.69, 9.17) is 0 Å². The van der Waals surface area contributed by atoms with E-state index in [9.17, 15) is 4.79 Å². The highest BCUT2D eigenvalue weighted by Crippen LogP contribution is 2.30. The van der Waals surface area contributed by atoms with Crippen LogP contribution in [0.15, 0.2) is 30.3 Å². The maximum atomic E-state index is 13.1. The third-order valence-corrected chi connectivity index (χ3v) is 6.24. The normalized spacial score (nSPS) is 22.3. The molecule has 0 aliphatic carbocycles. The summed E-state index contributed by atoms with van der Waals surface area (Å²) in [6.07, 6.45) is 3.18. The Morgan fingerprint density at radius 3 is 2.68 bits per heavy atom. The van der Waals surface area contributed by atoms with Crippen LogP contribution >= 0.6 is 0 Å². The van der Waals surface area contributed by atoms with Gasteiger partial charge in [-0.15, -0.1) is 0 Å². The summed E-state index contributed by atoms with van der Waals surface area (Å²) in [6.45, 7) is 7.96. The number of nitrogens with zero attached hydrogens (tertiary/aromatic N) is 4. The molecule has 1 aromatic carbocycles. The zero-order valence-electron chi connectivity index (χ0n) is 17.2. The lowest BCUT2D eigenvalue weighted by atomic mass is 9.95. The topological polar surface area (TPSA) is 53.4 Å². The standard InChI is InChI=1S/C22H31N5O/c1-4-20-16(2)21(25(3)24-20)23-22(28)27-14-18-10-11-19(27)15-26(13-18)12-17-8-6-5-7-9-17/h5-9,18-19H,4,10-15H2,1-3H3,(H,23,28)/t18-,19+/m1/s1. The number of carbonyl (C=O) groups is 1. The Labute approximate surface area is 167 Å². The van der Waals surface area contributed by atoms with Gasteiger partial charge in [-0.2, -0.15) is 5.10 Å². The second-order valence-corrected chi connectivity index (χ2v) is 8.26.